The van der Waals surface area contributed by atoms with Crippen LogP contribution in [0.3, 0.4) is 0 Å². The molecular formula is C107H61N7. The Labute approximate surface area is 654 Å². The van der Waals surface area contributed by atoms with Crippen molar-refractivity contribution in [1.82, 2.24) is 24.1 Å². The van der Waals surface area contributed by atoms with Crippen LogP contribution >= 0.6 is 0 Å². The molecule has 21 aromatic carbocycles. The maximum absolute atomic E-state index is 9.90. The minimum atomic E-state index is 0.647. The summed E-state index contributed by atoms with van der Waals surface area (Å²) in [5, 5.41) is 34.1. The monoisotopic (exact) mass is 1440 g/mol. The number of hydrogen-bond acceptors (Lipinski definition) is 4. The second-order valence-corrected chi connectivity index (χ2v) is 30.0. The highest BCUT2D eigenvalue weighted by atomic mass is 15.0. The van der Waals surface area contributed by atoms with Gasteiger partial charge in [0.05, 0.1) is 34.8 Å². The normalized spacial score (nSPS) is 11.8. The van der Waals surface area contributed by atoms with Gasteiger partial charge in [-0.3, -0.25) is 0 Å². The molecule has 0 aliphatic carbocycles. The molecular weight excluding hydrogens is 1380 g/mol. The zero-order valence-corrected chi connectivity index (χ0v) is 61.3. The zero-order valence-electron chi connectivity index (χ0n) is 61.3. The van der Waals surface area contributed by atoms with Gasteiger partial charge in [0, 0.05) is 60.5 Å². The lowest BCUT2D eigenvalue weighted by Crippen LogP contribution is -2.00. The van der Waals surface area contributed by atoms with E-state index in [1.54, 1.807) is 0 Å². The molecule has 0 amide bonds. The van der Waals surface area contributed by atoms with Crippen molar-refractivity contribution < 1.29 is 0 Å². The molecule has 0 fully saturated rings. The second-order valence-electron chi connectivity index (χ2n) is 30.0. The highest BCUT2D eigenvalue weighted by Gasteiger charge is 2.24. The average Bonchev–Trinajstić information content (AvgIpc) is 1.53. The fourth-order valence-corrected chi connectivity index (χ4v) is 18.3. The van der Waals surface area contributed by atoms with E-state index in [4.69, 9.17) is 21.5 Å². The van der Waals surface area contributed by atoms with Gasteiger partial charge in [-0.2, -0.15) is 5.26 Å². The van der Waals surface area contributed by atoms with Gasteiger partial charge in [-0.1, -0.05) is 249 Å². The fraction of sp³-hybridized carbons (Fsp3) is 0. The number of para-hydroxylation sites is 2. The van der Waals surface area contributed by atoms with Crippen LogP contribution in [0.25, 0.3) is 236 Å². The van der Waals surface area contributed by atoms with Gasteiger partial charge in [-0.25, -0.2) is 19.8 Å². The molecule has 524 valence electrons. The van der Waals surface area contributed by atoms with Crippen molar-refractivity contribution in [2.75, 3.05) is 0 Å². The van der Waals surface area contributed by atoms with Crippen molar-refractivity contribution in [3.05, 3.63) is 387 Å². The van der Waals surface area contributed by atoms with Gasteiger partial charge >= 0.3 is 0 Å². The third-order valence-electron chi connectivity index (χ3n) is 23.5. The van der Waals surface area contributed by atoms with Gasteiger partial charge in [-0.15, -0.1) is 0 Å². The molecule has 0 saturated carbocycles. The van der Waals surface area contributed by atoms with Crippen molar-refractivity contribution >= 4 is 135 Å². The molecule has 24 rings (SSSR count). The Bertz CT molecular complexity index is 7870. The summed E-state index contributed by atoms with van der Waals surface area (Å²) in [4.78, 5) is 18.8. The first-order chi connectivity index (χ1) is 56.3. The van der Waals surface area contributed by atoms with Crippen LogP contribution in [0.5, 0.6) is 0 Å². The van der Waals surface area contributed by atoms with E-state index in [2.05, 4.69) is 305 Å². The lowest BCUT2D eigenvalue weighted by molar-refractivity contribution is 1.07. The summed E-state index contributed by atoms with van der Waals surface area (Å²) in [5.41, 5.74) is 22.8. The molecule has 0 atom stereocenters. The van der Waals surface area contributed by atoms with Crippen molar-refractivity contribution in [2.24, 2.45) is 0 Å². The van der Waals surface area contributed by atoms with E-state index in [0.717, 1.165) is 88.2 Å². The zero-order chi connectivity index (χ0) is 75.2. The minimum Gasteiger partial charge on any atom is -0.310 e. The van der Waals surface area contributed by atoms with Crippen LogP contribution in [0.4, 0.5) is 5.69 Å². The van der Waals surface area contributed by atoms with E-state index in [1.165, 1.54) is 125 Å². The summed E-state index contributed by atoms with van der Waals surface area (Å²) >= 11 is 0. The second kappa shape index (κ2) is 25.5. The lowest BCUT2D eigenvalue weighted by Gasteiger charge is -2.15. The summed E-state index contributed by atoms with van der Waals surface area (Å²) in [6, 6.07) is 135. The summed E-state index contributed by atoms with van der Waals surface area (Å²) < 4.78 is 4.66. The molecule has 0 aliphatic heterocycles. The van der Waals surface area contributed by atoms with Crippen LogP contribution in [0.1, 0.15) is 5.56 Å². The standard InChI is InChI=1S/C58H33N5.C49H28N2/c1-59-48-32-44-26-25-43-29-46(33-50-54(43)55(44)51(34-48)63(50)49-15-9-4-10-16-49)36-19-17-35(18-20-36)45-27-39-21-23-41-30-47(31-42-24-22-40(28-45)52(39)53(41)42)58-61-56(37-11-5-2-6-12-37)60-57(62-58)38-13-7-3-8-14-38;50-29-38-20-22-44-49-43(38)21-19-37-27-41(28-45(48(37)49)51(44)42-9-5-2-6-10-42)32-13-11-31(12-14-32)40-25-35-17-15-33-23-39(30-7-3-1-4-8-30)24-34-16-18-36(26-40)47(35)46(33)34/h2-34H;1-28H. The van der Waals surface area contributed by atoms with E-state index < -0.39 is 0 Å². The third-order valence-corrected chi connectivity index (χ3v) is 23.5. The van der Waals surface area contributed by atoms with Crippen molar-refractivity contribution in [1.29, 1.82) is 5.26 Å². The number of nitriles is 1. The molecule has 0 spiro atoms. The van der Waals surface area contributed by atoms with E-state index >= 15 is 0 Å². The number of benzene rings is 21. The molecule has 0 saturated heterocycles. The predicted molar refractivity (Wildman–Crippen MR) is 474 cm³/mol. The fourth-order valence-electron chi connectivity index (χ4n) is 18.3. The Morgan fingerprint density at radius 2 is 0.509 bits per heavy atom. The van der Waals surface area contributed by atoms with Gasteiger partial charge < -0.3 is 9.13 Å². The van der Waals surface area contributed by atoms with Crippen LogP contribution in [-0.2, 0) is 0 Å². The van der Waals surface area contributed by atoms with Gasteiger partial charge in [0.15, 0.2) is 23.2 Å². The van der Waals surface area contributed by atoms with E-state index in [0.29, 0.717) is 28.7 Å². The third kappa shape index (κ3) is 10.3. The van der Waals surface area contributed by atoms with Gasteiger partial charge in [0.2, 0.25) is 0 Å². The lowest BCUT2D eigenvalue weighted by atomic mass is 9.89. The number of nitrogens with zero attached hydrogens (tertiary/aromatic N) is 7. The number of rotatable bonds is 10. The Kier molecular flexibility index (Phi) is 14.4. The van der Waals surface area contributed by atoms with Crippen LogP contribution in [-0.4, -0.2) is 24.1 Å². The maximum Gasteiger partial charge on any atom is 0.189 e. The van der Waals surface area contributed by atoms with Crippen LogP contribution < -0.4 is 0 Å². The first-order valence-electron chi connectivity index (χ1n) is 38.5. The summed E-state index contributed by atoms with van der Waals surface area (Å²) in [7, 11) is 0. The first-order valence-corrected chi connectivity index (χ1v) is 38.5. The van der Waals surface area contributed by atoms with Gasteiger partial charge in [-0.05, 0) is 258 Å². The molecule has 0 bridgehead atoms. The molecule has 7 nitrogen and oxygen atoms in total. The minimum absolute atomic E-state index is 0.647. The molecule has 0 aliphatic rings. The summed E-state index contributed by atoms with van der Waals surface area (Å²) in [6.45, 7) is 7.81. The largest absolute Gasteiger partial charge is 0.310 e. The average molecular weight is 1440 g/mol. The summed E-state index contributed by atoms with van der Waals surface area (Å²) in [6.07, 6.45) is 0. The number of hydrogen-bond donors (Lipinski definition) is 0. The highest BCUT2D eigenvalue weighted by molar-refractivity contribution is 6.29. The summed E-state index contributed by atoms with van der Waals surface area (Å²) in [5.74, 6) is 1.96. The van der Waals surface area contributed by atoms with Crippen molar-refractivity contribution in [3.63, 3.8) is 0 Å². The van der Waals surface area contributed by atoms with E-state index in [1.807, 2.05) is 84.9 Å². The van der Waals surface area contributed by atoms with Crippen molar-refractivity contribution in [3.8, 4) is 107 Å². The molecule has 114 heavy (non-hydrogen) atoms. The Balaban J connectivity index is 0.000000138. The van der Waals surface area contributed by atoms with Crippen LogP contribution in [0, 0.1) is 17.9 Å². The number of aromatic nitrogens is 5. The van der Waals surface area contributed by atoms with Gasteiger partial charge in [0.25, 0.3) is 0 Å². The molecule has 0 unspecified atom stereocenters. The van der Waals surface area contributed by atoms with E-state index in [-0.39, 0.29) is 0 Å². The van der Waals surface area contributed by atoms with Crippen molar-refractivity contribution in [2.45, 2.75) is 0 Å². The van der Waals surface area contributed by atoms with Gasteiger partial charge in [0.1, 0.15) is 0 Å². The van der Waals surface area contributed by atoms with Crippen LogP contribution in [0.2, 0.25) is 0 Å². The molecule has 0 radical (unpaired) electrons. The highest BCUT2D eigenvalue weighted by Crippen LogP contribution is 2.48. The Morgan fingerprint density at radius 1 is 0.228 bits per heavy atom. The van der Waals surface area contributed by atoms with E-state index in [9.17, 15) is 5.26 Å². The molecule has 24 aromatic rings. The smallest absolute Gasteiger partial charge is 0.189 e. The molecule has 3 aromatic heterocycles. The quantitative estimate of drug-likeness (QED) is 0.101. The SMILES string of the molecule is N#Cc1ccc2c3c1ccc1cc(-c4ccc(-c5cc6ccc7cc(-c8ccccc8)cc8ccc(c5)c6c78)cc4)cc(c13)n2-c1ccccc1.[C-]#[N+]c1cc2ccc3cc(-c4ccc(-c5cc6ccc7cc(-c8nc(-c9ccccc9)nc(-c9ccccc9)n8)cc8ccc(c5)c6c78)cc4)cc4c3c2c(c1)n4-c1ccccc1. The molecule has 7 heteroatoms. The maximum atomic E-state index is 9.90. The molecule has 3 heterocycles. The first kappa shape index (κ1) is 64.3. The predicted octanol–water partition coefficient (Wildman–Crippen LogP) is 28.5. The Morgan fingerprint density at radius 3 is 0.877 bits per heavy atom. The molecule has 0 N–H and O–H groups in total. The topological polar surface area (TPSA) is 76.7 Å². The van der Waals surface area contributed by atoms with Crippen LogP contribution in [0.15, 0.2) is 370 Å². The Hall–Kier alpha value is -15.7.